The Hall–Kier alpha value is -1.85. The van der Waals surface area contributed by atoms with Gasteiger partial charge in [-0.25, -0.2) is 0 Å². The minimum atomic E-state index is 0.132. The van der Waals surface area contributed by atoms with E-state index in [1.165, 1.54) is 0 Å². The minimum absolute atomic E-state index is 0.132. The van der Waals surface area contributed by atoms with Gasteiger partial charge in [0.05, 0.1) is 11.4 Å². The monoisotopic (exact) mass is 341 g/mol. The Balaban J connectivity index is 1.36. The SMILES string of the molecule is O=C(CSc1ccccc1)NC1CCN(Cc2ccccn2)CC1. The van der Waals surface area contributed by atoms with Crippen molar-refractivity contribution in [3.05, 3.63) is 60.4 Å². The standard InChI is InChI=1S/C19H23N3OS/c23-19(15-24-18-7-2-1-3-8-18)21-16-9-12-22(13-10-16)14-17-6-4-5-11-20-17/h1-8,11,16H,9-10,12-15H2,(H,21,23). The van der Waals surface area contributed by atoms with Crippen molar-refractivity contribution >= 4 is 17.7 Å². The number of pyridine rings is 1. The molecule has 24 heavy (non-hydrogen) atoms. The maximum atomic E-state index is 12.1. The Kier molecular flexibility index (Phi) is 6.26. The van der Waals surface area contributed by atoms with Crippen molar-refractivity contribution in [2.24, 2.45) is 0 Å². The van der Waals surface area contributed by atoms with E-state index in [-0.39, 0.29) is 5.91 Å². The largest absolute Gasteiger partial charge is 0.353 e. The van der Waals surface area contributed by atoms with Crippen LogP contribution in [0.2, 0.25) is 0 Å². The lowest BCUT2D eigenvalue weighted by Crippen LogP contribution is -2.44. The fraction of sp³-hybridized carbons (Fsp3) is 0.368. The third kappa shape index (κ3) is 5.35. The molecule has 0 aliphatic carbocycles. The molecule has 0 bridgehead atoms. The van der Waals surface area contributed by atoms with Gasteiger partial charge in [-0.2, -0.15) is 0 Å². The van der Waals surface area contributed by atoms with E-state index in [1.54, 1.807) is 11.8 Å². The second-order valence-corrected chi connectivity index (χ2v) is 7.09. The van der Waals surface area contributed by atoms with Gasteiger partial charge in [0.1, 0.15) is 0 Å². The fourth-order valence-corrected chi connectivity index (χ4v) is 3.62. The highest BCUT2D eigenvalue weighted by molar-refractivity contribution is 8.00. The molecule has 1 aliphatic rings. The number of benzene rings is 1. The molecule has 1 N–H and O–H groups in total. The van der Waals surface area contributed by atoms with Gasteiger partial charge in [0.25, 0.3) is 0 Å². The lowest BCUT2D eigenvalue weighted by atomic mass is 10.0. The molecule has 1 saturated heterocycles. The van der Waals surface area contributed by atoms with Gasteiger partial charge >= 0.3 is 0 Å². The van der Waals surface area contributed by atoms with Crippen molar-refractivity contribution in [1.82, 2.24) is 15.2 Å². The van der Waals surface area contributed by atoms with Crippen LogP contribution in [-0.4, -0.2) is 40.7 Å². The normalized spacial score (nSPS) is 16.0. The first kappa shape index (κ1) is 17.0. The van der Waals surface area contributed by atoms with Crippen molar-refractivity contribution in [3.8, 4) is 0 Å². The number of hydrogen-bond acceptors (Lipinski definition) is 4. The Morgan fingerprint density at radius 3 is 2.58 bits per heavy atom. The molecule has 1 aromatic carbocycles. The van der Waals surface area contributed by atoms with Crippen LogP contribution in [0.1, 0.15) is 18.5 Å². The van der Waals surface area contributed by atoms with E-state index in [1.807, 2.05) is 48.7 Å². The maximum absolute atomic E-state index is 12.1. The third-order valence-electron chi connectivity index (χ3n) is 4.18. The summed E-state index contributed by atoms with van der Waals surface area (Å²) in [6.45, 7) is 2.91. The molecule has 1 aliphatic heterocycles. The molecule has 2 aromatic rings. The predicted octanol–water partition coefficient (Wildman–Crippen LogP) is 2.95. The molecule has 0 spiro atoms. The van der Waals surface area contributed by atoms with Crippen molar-refractivity contribution in [2.45, 2.75) is 30.3 Å². The summed E-state index contributed by atoms with van der Waals surface area (Å²) in [5.41, 5.74) is 1.11. The number of nitrogens with zero attached hydrogens (tertiary/aromatic N) is 2. The van der Waals surface area contributed by atoms with Crippen LogP contribution in [0.15, 0.2) is 59.6 Å². The molecule has 3 rings (SSSR count). The topological polar surface area (TPSA) is 45.2 Å². The molecule has 1 fully saturated rings. The first-order valence-electron chi connectivity index (χ1n) is 8.39. The first-order valence-corrected chi connectivity index (χ1v) is 9.37. The lowest BCUT2D eigenvalue weighted by Gasteiger charge is -2.32. The molecule has 5 heteroatoms. The van der Waals surface area contributed by atoms with Gasteiger partial charge in [-0.1, -0.05) is 24.3 Å². The van der Waals surface area contributed by atoms with E-state index in [0.717, 1.165) is 43.1 Å². The summed E-state index contributed by atoms with van der Waals surface area (Å²) in [6, 6.07) is 16.4. The maximum Gasteiger partial charge on any atom is 0.230 e. The Morgan fingerprint density at radius 1 is 1.12 bits per heavy atom. The number of nitrogens with one attached hydrogen (secondary N) is 1. The van der Waals surface area contributed by atoms with E-state index >= 15 is 0 Å². The summed E-state index contributed by atoms with van der Waals surface area (Å²) >= 11 is 1.59. The number of thioether (sulfide) groups is 1. The average Bonchev–Trinajstić information content (AvgIpc) is 2.63. The van der Waals surface area contributed by atoms with E-state index in [9.17, 15) is 4.79 Å². The van der Waals surface area contributed by atoms with Crippen LogP contribution in [-0.2, 0) is 11.3 Å². The molecule has 0 unspecified atom stereocenters. The second-order valence-electron chi connectivity index (χ2n) is 6.04. The summed E-state index contributed by atoms with van der Waals surface area (Å²) in [7, 11) is 0. The zero-order chi connectivity index (χ0) is 16.6. The van der Waals surface area contributed by atoms with Crippen LogP contribution in [0.25, 0.3) is 0 Å². The van der Waals surface area contributed by atoms with E-state index < -0.39 is 0 Å². The summed E-state index contributed by atoms with van der Waals surface area (Å²) < 4.78 is 0. The number of piperidine rings is 1. The van der Waals surface area contributed by atoms with Crippen LogP contribution < -0.4 is 5.32 Å². The molecular formula is C19H23N3OS. The van der Waals surface area contributed by atoms with Crippen LogP contribution in [0.5, 0.6) is 0 Å². The van der Waals surface area contributed by atoms with Crippen molar-refractivity contribution in [3.63, 3.8) is 0 Å². The van der Waals surface area contributed by atoms with Gasteiger partial charge in [0.2, 0.25) is 5.91 Å². The quantitative estimate of drug-likeness (QED) is 0.821. The highest BCUT2D eigenvalue weighted by atomic mass is 32.2. The predicted molar refractivity (Wildman–Crippen MR) is 97.8 cm³/mol. The number of carbonyl (C=O) groups excluding carboxylic acids is 1. The molecule has 0 radical (unpaired) electrons. The summed E-state index contributed by atoms with van der Waals surface area (Å²) in [5, 5.41) is 3.17. The van der Waals surface area contributed by atoms with Crippen molar-refractivity contribution in [2.75, 3.05) is 18.8 Å². The number of rotatable bonds is 6. The summed E-state index contributed by atoms with van der Waals surface area (Å²) in [5.74, 6) is 0.616. The van der Waals surface area contributed by atoms with Crippen LogP contribution in [0.4, 0.5) is 0 Å². The summed E-state index contributed by atoms with van der Waals surface area (Å²) in [6.07, 6.45) is 3.86. The van der Waals surface area contributed by atoms with Gasteiger partial charge in [-0.3, -0.25) is 14.7 Å². The van der Waals surface area contributed by atoms with Gasteiger partial charge in [0, 0.05) is 36.8 Å². The molecule has 0 saturated carbocycles. The lowest BCUT2D eigenvalue weighted by molar-refractivity contribution is -0.119. The molecule has 2 heterocycles. The van der Waals surface area contributed by atoms with Crippen LogP contribution in [0.3, 0.4) is 0 Å². The zero-order valence-electron chi connectivity index (χ0n) is 13.7. The molecule has 1 aromatic heterocycles. The van der Waals surface area contributed by atoms with Gasteiger partial charge in [0.15, 0.2) is 0 Å². The molecule has 0 atom stereocenters. The molecular weight excluding hydrogens is 318 g/mol. The molecule has 4 nitrogen and oxygen atoms in total. The number of likely N-dealkylation sites (tertiary alicyclic amines) is 1. The highest BCUT2D eigenvalue weighted by Gasteiger charge is 2.20. The Morgan fingerprint density at radius 2 is 1.88 bits per heavy atom. The smallest absolute Gasteiger partial charge is 0.230 e. The fourth-order valence-electron chi connectivity index (χ4n) is 2.89. The number of hydrogen-bond donors (Lipinski definition) is 1. The van der Waals surface area contributed by atoms with E-state index in [4.69, 9.17) is 0 Å². The van der Waals surface area contributed by atoms with Crippen LogP contribution in [0, 0.1) is 0 Å². The Labute approximate surface area is 147 Å². The average molecular weight is 341 g/mol. The van der Waals surface area contributed by atoms with E-state index in [2.05, 4.69) is 21.3 Å². The number of amides is 1. The number of carbonyl (C=O) groups is 1. The first-order chi connectivity index (χ1) is 11.8. The zero-order valence-corrected chi connectivity index (χ0v) is 14.5. The van der Waals surface area contributed by atoms with Gasteiger partial charge in [-0.05, 0) is 37.1 Å². The van der Waals surface area contributed by atoms with Crippen LogP contribution >= 0.6 is 11.8 Å². The summed E-state index contributed by atoms with van der Waals surface area (Å²) in [4.78, 5) is 20.0. The third-order valence-corrected chi connectivity index (χ3v) is 5.19. The van der Waals surface area contributed by atoms with Crippen molar-refractivity contribution in [1.29, 1.82) is 0 Å². The van der Waals surface area contributed by atoms with Crippen molar-refractivity contribution < 1.29 is 4.79 Å². The van der Waals surface area contributed by atoms with Gasteiger partial charge in [-0.15, -0.1) is 11.8 Å². The van der Waals surface area contributed by atoms with E-state index in [0.29, 0.717) is 11.8 Å². The van der Waals surface area contributed by atoms with Gasteiger partial charge < -0.3 is 5.32 Å². The second kappa shape index (κ2) is 8.85. The molecule has 126 valence electrons. The number of aromatic nitrogens is 1. The highest BCUT2D eigenvalue weighted by Crippen LogP contribution is 2.17. The Bertz CT molecular complexity index is 628. The minimum Gasteiger partial charge on any atom is -0.353 e. The molecule has 1 amide bonds.